The first kappa shape index (κ1) is 15.0. The summed E-state index contributed by atoms with van der Waals surface area (Å²) in [5, 5.41) is 3.15. The van der Waals surface area contributed by atoms with Gasteiger partial charge < -0.3 is 10.1 Å². The van der Waals surface area contributed by atoms with Gasteiger partial charge in [-0.25, -0.2) is 4.39 Å². The standard InChI is InChI=1S/C15H24FNO/c1-5-6-11(2)10-18-15-9-13(16)7-8-14(15)12(3)17-4/h7-9,11-12,17H,5-6,10H2,1-4H3. The van der Waals surface area contributed by atoms with Crippen molar-refractivity contribution in [1.29, 1.82) is 0 Å². The maximum absolute atomic E-state index is 13.3. The number of nitrogens with one attached hydrogen (secondary N) is 1. The molecule has 3 heteroatoms. The summed E-state index contributed by atoms with van der Waals surface area (Å²) in [5.41, 5.74) is 1.00. The van der Waals surface area contributed by atoms with E-state index in [0.29, 0.717) is 18.3 Å². The molecule has 0 fully saturated rings. The van der Waals surface area contributed by atoms with Gasteiger partial charge in [0.15, 0.2) is 0 Å². The largest absolute Gasteiger partial charge is 0.493 e. The van der Waals surface area contributed by atoms with Gasteiger partial charge >= 0.3 is 0 Å². The van der Waals surface area contributed by atoms with E-state index in [1.54, 1.807) is 6.07 Å². The van der Waals surface area contributed by atoms with Gasteiger partial charge in [0.1, 0.15) is 11.6 Å². The molecule has 0 saturated carbocycles. The van der Waals surface area contributed by atoms with Crippen molar-refractivity contribution >= 4 is 0 Å². The Labute approximate surface area is 110 Å². The SMILES string of the molecule is CCCC(C)COc1cc(F)ccc1C(C)NC. The number of halogens is 1. The van der Waals surface area contributed by atoms with Crippen LogP contribution in [0, 0.1) is 11.7 Å². The van der Waals surface area contributed by atoms with Crippen LogP contribution in [-0.4, -0.2) is 13.7 Å². The minimum Gasteiger partial charge on any atom is -0.493 e. The average molecular weight is 253 g/mol. The van der Waals surface area contributed by atoms with Crippen LogP contribution in [0.2, 0.25) is 0 Å². The zero-order chi connectivity index (χ0) is 13.5. The van der Waals surface area contributed by atoms with Crippen LogP contribution in [0.3, 0.4) is 0 Å². The van der Waals surface area contributed by atoms with E-state index in [2.05, 4.69) is 19.2 Å². The molecule has 2 nitrogen and oxygen atoms in total. The number of hydrogen-bond acceptors (Lipinski definition) is 2. The highest BCUT2D eigenvalue weighted by atomic mass is 19.1. The van der Waals surface area contributed by atoms with E-state index >= 15 is 0 Å². The third-order valence-corrected chi connectivity index (χ3v) is 3.18. The Kier molecular flexibility index (Phi) is 6.13. The molecule has 1 N–H and O–H groups in total. The molecule has 1 aromatic carbocycles. The molecule has 0 saturated heterocycles. The molecule has 2 unspecified atom stereocenters. The van der Waals surface area contributed by atoms with Crippen molar-refractivity contribution in [3.8, 4) is 5.75 Å². The summed E-state index contributed by atoms with van der Waals surface area (Å²) < 4.78 is 19.1. The Balaban J connectivity index is 2.76. The first-order chi connectivity index (χ1) is 8.58. The third kappa shape index (κ3) is 4.30. The topological polar surface area (TPSA) is 21.3 Å². The van der Waals surface area contributed by atoms with Crippen LogP contribution in [0.5, 0.6) is 5.75 Å². The maximum Gasteiger partial charge on any atom is 0.126 e. The summed E-state index contributed by atoms with van der Waals surface area (Å²) in [6.45, 7) is 6.99. The van der Waals surface area contributed by atoms with E-state index in [4.69, 9.17) is 4.74 Å². The maximum atomic E-state index is 13.3. The first-order valence-corrected chi connectivity index (χ1v) is 6.68. The summed E-state index contributed by atoms with van der Waals surface area (Å²) in [7, 11) is 1.89. The van der Waals surface area contributed by atoms with E-state index < -0.39 is 0 Å². The first-order valence-electron chi connectivity index (χ1n) is 6.68. The lowest BCUT2D eigenvalue weighted by atomic mass is 10.1. The Hall–Kier alpha value is -1.09. The van der Waals surface area contributed by atoms with Crippen molar-refractivity contribution in [3.63, 3.8) is 0 Å². The van der Waals surface area contributed by atoms with Gasteiger partial charge in [0, 0.05) is 17.7 Å². The zero-order valence-corrected chi connectivity index (χ0v) is 11.8. The molecule has 0 aliphatic heterocycles. The molecule has 0 amide bonds. The Morgan fingerprint density at radius 2 is 2.06 bits per heavy atom. The number of ether oxygens (including phenoxy) is 1. The van der Waals surface area contributed by atoms with Crippen LogP contribution in [-0.2, 0) is 0 Å². The Morgan fingerprint density at radius 3 is 2.67 bits per heavy atom. The number of rotatable bonds is 7. The molecule has 0 aliphatic rings. The van der Waals surface area contributed by atoms with Crippen molar-refractivity contribution in [3.05, 3.63) is 29.6 Å². The predicted octanol–water partition coefficient (Wildman–Crippen LogP) is 3.92. The molecule has 0 heterocycles. The van der Waals surface area contributed by atoms with Crippen LogP contribution in [0.25, 0.3) is 0 Å². The lowest BCUT2D eigenvalue weighted by Crippen LogP contribution is -2.15. The van der Waals surface area contributed by atoms with Crippen LogP contribution in [0.4, 0.5) is 4.39 Å². The summed E-state index contributed by atoms with van der Waals surface area (Å²) in [6, 6.07) is 4.89. The molecule has 18 heavy (non-hydrogen) atoms. The number of benzene rings is 1. The molecule has 0 aromatic heterocycles. The lowest BCUT2D eigenvalue weighted by Gasteiger charge is -2.18. The van der Waals surface area contributed by atoms with E-state index in [0.717, 1.165) is 18.4 Å². The fourth-order valence-electron chi connectivity index (χ4n) is 1.95. The Morgan fingerprint density at radius 1 is 1.33 bits per heavy atom. The summed E-state index contributed by atoms with van der Waals surface area (Å²) >= 11 is 0. The quantitative estimate of drug-likeness (QED) is 0.795. The van der Waals surface area contributed by atoms with Crippen molar-refractivity contribution < 1.29 is 9.13 Å². The third-order valence-electron chi connectivity index (χ3n) is 3.18. The van der Waals surface area contributed by atoms with Crippen LogP contribution in [0.15, 0.2) is 18.2 Å². The second kappa shape index (κ2) is 7.37. The van der Waals surface area contributed by atoms with Gasteiger partial charge in [-0.2, -0.15) is 0 Å². The molecule has 2 atom stereocenters. The van der Waals surface area contributed by atoms with Gasteiger partial charge in [0.2, 0.25) is 0 Å². The van der Waals surface area contributed by atoms with Crippen molar-refractivity contribution in [2.24, 2.45) is 5.92 Å². The van der Waals surface area contributed by atoms with Crippen LogP contribution >= 0.6 is 0 Å². The second-order valence-corrected chi connectivity index (χ2v) is 4.90. The molecule has 0 aliphatic carbocycles. The number of hydrogen-bond donors (Lipinski definition) is 1. The molecule has 1 rings (SSSR count). The minimum absolute atomic E-state index is 0.155. The monoisotopic (exact) mass is 253 g/mol. The van der Waals surface area contributed by atoms with Crippen molar-refractivity contribution in [2.75, 3.05) is 13.7 Å². The summed E-state index contributed by atoms with van der Waals surface area (Å²) in [4.78, 5) is 0. The molecule has 0 radical (unpaired) electrons. The van der Waals surface area contributed by atoms with Gasteiger partial charge in [-0.3, -0.25) is 0 Å². The second-order valence-electron chi connectivity index (χ2n) is 4.90. The minimum atomic E-state index is -0.250. The highest BCUT2D eigenvalue weighted by Crippen LogP contribution is 2.26. The van der Waals surface area contributed by atoms with E-state index in [-0.39, 0.29) is 11.9 Å². The zero-order valence-electron chi connectivity index (χ0n) is 11.8. The highest BCUT2D eigenvalue weighted by molar-refractivity contribution is 5.36. The molecule has 0 bridgehead atoms. The van der Waals surface area contributed by atoms with Gasteiger partial charge in [-0.1, -0.05) is 26.3 Å². The molecular weight excluding hydrogens is 229 g/mol. The van der Waals surface area contributed by atoms with Crippen LogP contribution < -0.4 is 10.1 Å². The van der Waals surface area contributed by atoms with Gasteiger partial charge in [0.25, 0.3) is 0 Å². The van der Waals surface area contributed by atoms with Crippen LogP contribution in [0.1, 0.15) is 45.2 Å². The van der Waals surface area contributed by atoms with E-state index in [9.17, 15) is 4.39 Å². The molecular formula is C15H24FNO. The fourth-order valence-corrected chi connectivity index (χ4v) is 1.95. The predicted molar refractivity (Wildman–Crippen MR) is 73.4 cm³/mol. The van der Waals surface area contributed by atoms with E-state index in [1.807, 2.05) is 14.0 Å². The van der Waals surface area contributed by atoms with Gasteiger partial charge in [-0.05, 0) is 32.4 Å². The lowest BCUT2D eigenvalue weighted by molar-refractivity contribution is 0.247. The van der Waals surface area contributed by atoms with Gasteiger partial charge in [-0.15, -0.1) is 0 Å². The summed E-state index contributed by atoms with van der Waals surface area (Å²) in [5.74, 6) is 0.899. The molecule has 1 aromatic rings. The fraction of sp³-hybridized carbons (Fsp3) is 0.600. The smallest absolute Gasteiger partial charge is 0.126 e. The van der Waals surface area contributed by atoms with E-state index in [1.165, 1.54) is 12.1 Å². The van der Waals surface area contributed by atoms with Crippen molar-refractivity contribution in [2.45, 2.75) is 39.7 Å². The highest BCUT2D eigenvalue weighted by Gasteiger charge is 2.12. The normalized spacial score (nSPS) is 14.3. The summed E-state index contributed by atoms with van der Waals surface area (Å²) in [6.07, 6.45) is 2.28. The molecule has 0 spiro atoms. The molecule has 102 valence electrons. The van der Waals surface area contributed by atoms with Gasteiger partial charge in [0.05, 0.1) is 6.61 Å². The average Bonchev–Trinajstić information content (AvgIpc) is 2.36. The van der Waals surface area contributed by atoms with Crippen molar-refractivity contribution in [1.82, 2.24) is 5.32 Å². The Bertz CT molecular complexity index is 368.